The van der Waals surface area contributed by atoms with Gasteiger partial charge in [0.05, 0.1) is 15.7 Å². The van der Waals surface area contributed by atoms with Gasteiger partial charge in [0.25, 0.3) is 11.8 Å². The van der Waals surface area contributed by atoms with Gasteiger partial charge in [-0.3, -0.25) is 9.59 Å². The number of anilines is 1. The molecular weight excluding hydrogens is 375 g/mol. The summed E-state index contributed by atoms with van der Waals surface area (Å²) in [6, 6.07) is 9.62. The predicted molar refractivity (Wildman–Crippen MR) is 104 cm³/mol. The van der Waals surface area contributed by atoms with Gasteiger partial charge in [-0.15, -0.1) is 0 Å². The van der Waals surface area contributed by atoms with E-state index in [2.05, 4.69) is 15.6 Å². The normalized spacial score (nSPS) is 10.7. The number of benzene rings is 1. The van der Waals surface area contributed by atoms with Crippen LogP contribution in [-0.2, 0) is 0 Å². The average molecular weight is 395 g/mol. The largest absolute Gasteiger partial charge is 0.351 e. The van der Waals surface area contributed by atoms with Crippen LogP contribution in [0.3, 0.4) is 0 Å². The van der Waals surface area contributed by atoms with Crippen LogP contribution in [0.4, 0.5) is 5.69 Å². The van der Waals surface area contributed by atoms with Crippen molar-refractivity contribution in [3.05, 3.63) is 57.8 Å². The lowest BCUT2D eigenvalue weighted by atomic mass is 10.2. The highest BCUT2D eigenvalue weighted by atomic mass is 35.5. The minimum absolute atomic E-state index is 0.113. The molecule has 2 N–H and O–H groups in total. The molecule has 1 aromatic heterocycles. The molecule has 0 saturated carbocycles. The molecule has 1 heterocycles. The number of aromatic nitrogens is 1. The van der Waals surface area contributed by atoms with E-state index >= 15 is 0 Å². The van der Waals surface area contributed by atoms with Crippen LogP contribution < -0.4 is 10.6 Å². The highest BCUT2D eigenvalue weighted by Crippen LogP contribution is 2.29. The van der Waals surface area contributed by atoms with Crippen molar-refractivity contribution in [3.63, 3.8) is 0 Å². The minimum atomic E-state index is -0.476. The maximum Gasteiger partial charge on any atom is 0.274 e. The molecule has 8 heteroatoms. The number of carbonyl (C=O) groups is 2. The quantitative estimate of drug-likeness (QED) is 0.706. The third-order valence-corrected chi connectivity index (χ3v) is 4.30. The highest BCUT2D eigenvalue weighted by molar-refractivity contribution is 6.44. The molecule has 138 valence electrons. The summed E-state index contributed by atoms with van der Waals surface area (Å²) in [5.41, 5.74) is 0.672. The molecular formula is C18H20Cl2N4O2. The zero-order valence-electron chi connectivity index (χ0n) is 14.6. The first-order valence-electron chi connectivity index (χ1n) is 8.04. The lowest BCUT2D eigenvalue weighted by Crippen LogP contribution is -2.28. The van der Waals surface area contributed by atoms with Crippen LogP contribution in [0.25, 0.3) is 0 Å². The molecule has 0 spiro atoms. The Morgan fingerprint density at radius 3 is 2.38 bits per heavy atom. The summed E-state index contributed by atoms with van der Waals surface area (Å²) in [6.07, 6.45) is 0.826. The summed E-state index contributed by atoms with van der Waals surface area (Å²) >= 11 is 12.0. The van der Waals surface area contributed by atoms with E-state index in [0.29, 0.717) is 17.3 Å². The topological polar surface area (TPSA) is 74.3 Å². The van der Waals surface area contributed by atoms with E-state index in [1.54, 1.807) is 30.3 Å². The van der Waals surface area contributed by atoms with Gasteiger partial charge in [-0.05, 0) is 51.3 Å². The second-order valence-electron chi connectivity index (χ2n) is 5.88. The summed E-state index contributed by atoms with van der Waals surface area (Å²) in [5, 5.41) is 6.02. The number of rotatable bonds is 7. The molecule has 0 aliphatic rings. The van der Waals surface area contributed by atoms with Crippen LogP contribution in [0.1, 0.15) is 27.4 Å². The Bertz CT molecular complexity index is 797. The molecule has 26 heavy (non-hydrogen) atoms. The maximum atomic E-state index is 12.4. The first-order chi connectivity index (χ1) is 12.4. The molecule has 0 saturated heterocycles. The van der Waals surface area contributed by atoms with Crippen LogP contribution in [0.2, 0.25) is 10.0 Å². The van der Waals surface area contributed by atoms with E-state index in [4.69, 9.17) is 23.2 Å². The third-order valence-electron chi connectivity index (χ3n) is 3.48. The Balaban J connectivity index is 2.02. The van der Waals surface area contributed by atoms with E-state index in [0.717, 1.165) is 13.0 Å². The number of amides is 2. The Hall–Kier alpha value is -2.15. The Kier molecular flexibility index (Phi) is 7.38. The molecule has 0 bridgehead atoms. The van der Waals surface area contributed by atoms with Crippen molar-refractivity contribution in [1.29, 1.82) is 0 Å². The van der Waals surface area contributed by atoms with Gasteiger partial charge in [0, 0.05) is 6.54 Å². The summed E-state index contributed by atoms with van der Waals surface area (Å²) in [4.78, 5) is 30.7. The molecule has 2 amide bonds. The lowest BCUT2D eigenvalue weighted by molar-refractivity contribution is 0.0947. The van der Waals surface area contributed by atoms with Crippen LogP contribution in [0, 0.1) is 0 Å². The van der Waals surface area contributed by atoms with Gasteiger partial charge < -0.3 is 15.5 Å². The van der Waals surface area contributed by atoms with Gasteiger partial charge in [-0.1, -0.05) is 35.3 Å². The first kappa shape index (κ1) is 20.2. The van der Waals surface area contributed by atoms with Gasteiger partial charge in [0.2, 0.25) is 0 Å². The second kappa shape index (κ2) is 9.52. The predicted octanol–water partition coefficient (Wildman–Crippen LogP) is 3.32. The Labute approximate surface area is 162 Å². The molecule has 0 fully saturated rings. The number of carbonyl (C=O) groups excluding carboxylic acids is 2. The van der Waals surface area contributed by atoms with Crippen molar-refractivity contribution in [2.24, 2.45) is 0 Å². The van der Waals surface area contributed by atoms with E-state index in [1.165, 1.54) is 6.07 Å². The van der Waals surface area contributed by atoms with Gasteiger partial charge in [0.1, 0.15) is 11.4 Å². The van der Waals surface area contributed by atoms with Gasteiger partial charge in [-0.25, -0.2) is 4.98 Å². The molecule has 2 rings (SSSR count). The molecule has 0 aliphatic heterocycles. The number of nitrogens with one attached hydrogen (secondary N) is 2. The first-order valence-corrected chi connectivity index (χ1v) is 8.79. The maximum absolute atomic E-state index is 12.4. The molecule has 1 aromatic carbocycles. The average Bonchev–Trinajstić information content (AvgIpc) is 2.62. The Morgan fingerprint density at radius 1 is 1.04 bits per heavy atom. The highest BCUT2D eigenvalue weighted by Gasteiger charge is 2.14. The van der Waals surface area contributed by atoms with Crippen molar-refractivity contribution < 1.29 is 9.59 Å². The number of hydrogen-bond acceptors (Lipinski definition) is 4. The number of pyridine rings is 1. The van der Waals surface area contributed by atoms with Crippen molar-refractivity contribution in [1.82, 2.24) is 15.2 Å². The fourth-order valence-electron chi connectivity index (χ4n) is 2.16. The van der Waals surface area contributed by atoms with E-state index in [-0.39, 0.29) is 22.3 Å². The molecule has 2 aromatic rings. The standard InChI is InChI=1S/C18H20Cl2N4O2/c1-24(2)11-5-10-21-17(25)14-8-4-9-15(22-14)18(26)23-13-7-3-6-12(19)16(13)20/h3-4,6-9H,5,10-11H2,1-2H3,(H,21,25)(H,23,26). The summed E-state index contributed by atoms with van der Waals surface area (Å²) in [7, 11) is 3.94. The Morgan fingerprint density at radius 2 is 1.69 bits per heavy atom. The fraction of sp³-hybridized carbons (Fsp3) is 0.278. The van der Waals surface area contributed by atoms with Crippen molar-refractivity contribution in [2.45, 2.75) is 6.42 Å². The minimum Gasteiger partial charge on any atom is -0.351 e. The smallest absolute Gasteiger partial charge is 0.274 e. The number of hydrogen-bond donors (Lipinski definition) is 2. The molecule has 0 aliphatic carbocycles. The zero-order chi connectivity index (χ0) is 19.1. The van der Waals surface area contributed by atoms with Crippen LogP contribution >= 0.6 is 23.2 Å². The monoisotopic (exact) mass is 394 g/mol. The summed E-state index contributed by atoms with van der Waals surface area (Å²) in [5.74, 6) is -0.796. The van der Waals surface area contributed by atoms with Crippen LogP contribution in [0.15, 0.2) is 36.4 Å². The van der Waals surface area contributed by atoms with Crippen LogP contribution in [0.5, 0.6) is 0 Å². The molecule has 0 radical (unpaired) electrons. The van der Waals surface area contributed by atoms with Gasteiger partial charge >= 0.3 is 0 Å². The SMILES string of the molecule is CN(C)CCCNC(=O)c1cccc(C(=O)Nc2cccc(Cl)c2Cl)n1. The molecule has 6 nitrogen and oxygen atoms in total. The lowest BCUT2D eigenvalue weighted by Gasteiger charge is -2.10. The van der Waals surface area contributed by atoms with Crippen molar-refractivity contribution in [3.8, 4) is 0 Å². The summed E-state index contributed by atoms with van der Waals surface area (Å²) < 4.78 is 0. The number of halogens is 2. The fourth-order valence-corrected chi connectivity index (χ4v) is 2.51. The van der Waals surface area contributed by atoms with Gasteiger partial charge in [0.15, 0.2) is 0 Å². The van der Waals surface area contributed by atoms with Gasteiger partial charge in [-0.2, -0.15) is 0 Å². The van der Waals surface area contributed by atoms with E-state index < -0.39 is 5.91 Å². The van der Waals surface area contributed by atoms with Crippen LogP contribution in [-0.4, -0.2) is 48.9 Å². The van der Waals surface area contributed by atoms with E-state index in [9.17, 15) is 9.59 Å². The summed E-state index contributed by atoms with van der Waals surface area (Å²) in [6.45, 7) is 1.41. The molecule has 0 unspecified atom stereocenters. The zero-order valence-corrected chi connectivity index (χ0v) is 16.1. The van der Waals surface area contributed by atoms with Crippen molar-refractivity contribution >= 4 is 40.7 Å². The third kappa shape index (κ3) is 5.69. The van der Waals surface area contributed by atoms with E-state index in [1.807, 2.05) is 19.0 Å². The number of nitrogens with zero attached hydrogens (tertiary/aromatic N) is 2. The second-order valence-corrected chi connectivity index (χ2v) is 6.66. The molecule has 0 atom stereocenters. The van der Waals surface area contributed by atoms with Crippen molar-refractivity contribution in [2.75, 3.05) is 32.5 Å².